The van der Waals surface area contributed by atoms with E-state index in [1.807, 2.05) is 26.1 Å². The topological polar surface area (TPSA) is 49.3 Å². The van der Waals surface area contributed by atoms with Gasteiger partial charge in [-0.1, -0.05) is 36.4 Å². The van der Waals surface area contributed by atoms with Crippen LogP contribution in [0.3, 0.4) is 0 Å². The van der Waals surface area contributed by atoms with E-state index in [0.29, 0.717) is 6.61 Å². The summed E-state index contributed by atoms with van der Waals surface area (Å²) >= 11 is 0. The summed E-state index contributed by atoms with van der Waals surface area (Å²) in [5.41, 5.74) is 3.82. The average Bonchev–Trinajstić information content (AvgIpc) is 2.77. The minimum Gasteiger partial charge on any atom is -0.494 e. The Hall–Kier alpha value is -1.84. The highest BCUT2D eigenvalue weighted by molar-refractivity contribution is 14.0. The van der Waals surface area contributed by atoms with Crippen LogP contribution in [0.4, 0.5) is 0 Å². The summed E-state index contributed by atoms with van der Waals surface area (Å²) in [6.07, 6.45) is 0. The van der Waals surface area contributed by atoms with Crippen molar-refractivity contribution in [1.29, 1.82) is 0 Å². The van der Waals surface area contributed by atoms with Gasteiger partial charge in [-0.15, -0.1) is 24.0 Å². The Balaban J connectivity index is 0.00000341. The van der Waals surface area contributed by atoms with E-state index in [1.54, 1.807) is 0 Å². The zero-order valence-corrected chi connectivity index (χ0v) is 21.2. The zero-order chi connectivity index (χ0) is 21.2. The normalized spacial score (nSPS) is 14.6. The number of nitrogens with one attached hydrogen (secondary N) is 1. The molecule has 0 atom stereocenters. The Morgan fingerprint density at radius 3 is 2.48 bits per heavy atom. The third kappa shape index (κ3) is 8.31. The number of morpholine rings is 1. The zero-order valence-electron chi connectivity index (χ0n) is 18.8. The van der Waals surface area contributed by atoms with Gasteiger partial charge in [-0.25, -0.2) is 0 Å². The molecule has 0 amide bonds. The molecule has 7 heteroatoms. The SMILES string of the molecule is CCOc1ccc(CN(C)C(=NC)NCc2cccc(CN3CCOCC3)c2)cc1.I. The van der Waals surface area contributed by atoms with Crippen LogP contribution >= 0.6 is 24.0 Å². The highest BCUT2D eigenvalue weighted by Crippen LogP contribution is 2.14. The van der Waals surface area contributed by atoms with Crippen molar-refractivity contribution in [2.45, 2.75) is 26.6 Å². The first-order valence-electron chi connectivity index (χ1n) is 10.7. The van der Waals surface area contributed by atoms with Gasteiger partial charge >= 0.3 is 0 Å². The number of benzene rings is 2. The molecular weight excluding hydrogens is 503 g/mol. The lowest BCUT2D eigenvalue weighted by molar-refractivity contribution is 0.0342. The Morgan fingerprint density at radius 1 is 1.10 bits per heavy atom. The Labute approximate surface area is 203 Å². The monoisotopic (exact) mass is 538 g/mol. The lowest BCUT2D eigenvalue weighted by Crippen LogP contribution is -2.38. The minimum atomic E-state index is 0. The van der Waals surface area contributed by atoms with Gasteiger partial charge in [0.2, 0.25) is 0 Å². The maximum absolute atomic E-state index is 5.52. The summed E-state index contributed by atoms with van der Waals surface area (Å²) in [4.78, 5) is 9.02. The van der Waals surface area contributed by atoms with Gasteiger partial charge < -0.3 is 19.7 Å². The van der Waals surface area contributed by atoms with Crippen LogP contribution in [0, 0.1) is 0 Å². The van der Waals surface area contributed by atoms with Gasteiger partial charge in [0.15, 0.2) is 5.96 Å². The molecule has 2 aromatic carbocycles. The summed E-state index contributed by atoms with van der Waals surface area (Å²) in [6, 6.07) is 17.0. The van der Waals surface area contributed by atoms with Crippen molar-refractivity contribution >= 4 is 29.9 Å². The number of hydrogen-bond acceptors (Lipinski definition) is 4. The molecule has 0 unspecified atom stereocenters. The predicted molar refractivity (Wildman–Crippen MR) is 137 cm³/mol. The lowest BCUT2D eigenvalue weighted by atomic mass is 10.1. The average molecular weight is 538 g/mol. The number of rotatable bonds is 8. The van der Waals surface area contributed by atoms with Gasteiger partial charge in [-0.05, 0) is 35.7 Å². The Kier molecular flexibility index (Phi) is 11.1. The molecule has 2 aromatic rings. The van der Waals surface area contributed by atoms with E-state index in [4.69, 9.17) is 9.47 Å². The molecule has 1 aliphatic heterocycles. The highest BCUT2D eigenvalue weighted by atomic mass is 127. The Morgan fingerprint density at radius 2 is 1.81 bits per heavy atom. The molecular formula is C24H35IN4O2. The van der Waals surface area contributed by atoms with Crippen molar-refractivity contribution in [1.82, 2.24) is 15.1 Å². The molecule has 0 bridgehead atoms. The molecule has 0 saturated carbocycles. The first kappa shape index (κ1) is 25.4. The molecule has 0 spiro atoms. The fourth-order valence-corrected chi connectivity index (χ4v) is 3.63. The third-order valence-corrected chi connectivity index (χ3v) is 5.18. The van der Waals surface area contributed by atoms with Crippen LogP contribution < -0.4 is 10.1 Å². The summed E-state index contributed by atoms with van der Waals surface area (Å²) in [7, 11) is 3.88. The molecule has 6 nitrogen and oxygen atoms in total. The summed E-state index contributed by atoms with van der Waals surface area (Å²) in [5.74, 6) is 1.78. The van der Waals surface area contributed by atoms with E-state index in [1.165, 1.54) is 16.7 Å². The van der Waals surface area contributed by atoms with Crippen LogP contribution in [0.5, 0.6) is 5.75 Å². The van der Waals surface area contributed by atoms with Crippen molar-refractivity contribution in [2.75, 3.05) is 47.0 Å². The number of ether oxygens (including phenoxy) is 2. The minimum absolute atomic E-state index is 0. The van der Waals surface area contributed by atoms with Gasteiger partial charge in [0, 0.05) is 46.8 Å². The van der Waals surface area contributed by atoms with Crippen LogP contribution in [0.15, 0.2) is 53.5 Å². The van der Waals surface area contributed by atoms with Crippen molar-refractivity contribution < 1.29 is 9.47 Å². The molecule has 31 heavy (non-hydrogen) atoms. The largest absolute Gasteiger partial charge is 0.494 e. The van der Waals surface area contributed by atoms with Gasteiger partial charge in [0.05, 0.1) is 19.8 Å². The van der Waals surface area contributed by atoms with Crippen molar-refractivity contribution in [3.05, 3.63) is 65.2 Å². The molecule has 0 aromatic heterocycles. The number of guanidine groups is 1. The smallest absolute Gasteiger partial charge is 0.193 e. The van der Waals surface area contributed by atoms with Gasteiger partial charge in [0.1, 0.15) is 5.75 Å². The standard InChI is InChI=1S/C24H34N4O2.HI/c1-4-30-23-10-8-20(9-11-23)18-27(3)24(25-2)26-17-21-6-5-7-22(16-21)19-28-12-14-29-15-13-28;/h5-11,16H,4,12-15,17-19H2,1-3H3,(H,25,26);1H. The molecule has 0 aliphatic carbocycles. The second-order valence-electron chi connectivity index (χ2n) is 7.54. The quantitative estimate of drug-likeness (QED) is 0.316. The molecule has 1 saturated heterocycles. The van der Waals surface area contributed by atoms with Crippen LogP contribution in [-0.2, 0) is 24.4 Å². The molecule has 1 fully saturated rings. The van der Waals surface area contributed by atoms with E-state index in [2.05, 4.69) is 63.6 Å². The molecule has 0 radical (unpaired) electrons. The van der Waals surface area contributed by atoms with E-state index < -0.39 is 0 Å². The molecule has 1 heterocycles. The number of nitrogens with zero attached hydrogens (tertiary/aromatic N) is 3. The highest BCUT2D eigenvalue weighted by Gasteiger charge is 2.11. The first-order chi connectivity index (χ1) is 14.7. The Bertz CT molecular complexity index is 807. The number of hydrogen-bond donors (Lipinski definition) is 1. The van der Waals surface area contributed by atoms with E-state index >= 15 is 0 Å². The van der Waals surface area contributed by atoms with Crippen molar-refractivity contribution in [3.63, 3.8) is 0 Å². The van der Waals surface area contributed by atoms with Crippen LogP contribution in [-0.4, -0.2) is 62.8 Å². The first-order valence-corrected chi connectivity index (χ1v) is 10.7. The van der Waals surface area contributed by atoms with Crippen LogP contribution in [0.25, 0.3) is 0 Å². The second kappa shape index (κ2) is 13.5. The summed E-state index contributed by atoms with van der Waals surface area (Å²) in [5, 5.41) is 3.49. The predicted octanol–water partition coefficient (Wildman–Crippen LogP) is 3.74. The lowest BCUT2D eigenvalue weighted by Gasteiger charge is -2.26. The molecule has 170 valence electrons. The maximum atomic E-state index is 5.52. The maximum Gasteiger partial charge on any atom is 0.193 e. The van der Waals surface area contributed by atoms with Crippen molar-refractivity contribution in [3.8, 4) is 5.75 Å². The van der Waals surface area contributed by atoms with E-state index in [0.717, 1.165) is 57.6 Å². The molecule has 1 N–H and O–H groups in total. The van der Waals surface area contributed by atoms with E-state index in [9.17, 15) is 0 Å². The van der Waals surface area contributed by atoms with Crippen LogP contribution in [0.1, 0.15) is 23.6 Å². The summed E-state index contributed by atoms with van der Waals surface area (Å²) < 4.78 is 11.0. The van der Waals surface area contributed by atoms with E-state index in [-0.39, 0.29) is 24.0 Å². The molecule has 3 rings (SSSR count). The molecule has 1 aliphatic rings. The second-order valence-corrected chi connectivity index (χ2v) is 7.54. The van der Waals surface area contributed by atoms with Crippen molar-refractivity contribution in [2.24, 2.45) is 4.99 Å². The third-order valence-electron chi connectivity index (χ3n) is 5.18. The van der Waals surface area contributed by atoms with Crippen LogP contribution in [0.2, 0.25) is 0 Å². The van der Waals surface area contributed by atoms with Gasteiger partial charge in [0.25, 0.3) is 0 Å². The number of halogens is 1. The fraction of sp³-hybridized carbons (Fsp3) is 0.458. The van der Waals surface area contributed by atoms with Gasteiger partial charge in [-0.3, -0.25) is 9.89 Å². The summed E-state index contributed by atoms with van der Waals surface area (Å²) in [6.45, 7) is 8.86. The number of aliphatic imine (C=N–C) groups is 1. The van der Waals surface area contributed by atoms with Gasteiger partial charge in [-0.2, -0.15) is 0 Å². The fourth-order valence-electron chi connectivity index (χ4n) is 3.63.